The zero-order valence-corrected chi connectivity index (χ0v) is 12.5. The van der Waals surface area contributed by atoms with Gasteiger partial charge in [0.1, 0.15) is 5.75 Å². The van der Waals surface area contributed by atoms with E-state index in [1.165, 1.54) is 0 Å². The van der Waals surface area contributed by atoms with Gasteiger partial charge in [-0.3, -0.25) is 9.78 Å². The molecule has 0 aliphatic heterocycles. The van der Waals surface area contributed by atoms with Crippen LogP contribution in [0.15, 0.2) is 6.20 Å². The summed E-state index contributed by atoms with van der Waals surface area (Å²) in [6, 6.07) is 0.366. The van der Waals surface area contributed by atoms with Crippen molar-refractivity contribution in [3.63, 3.8) is 0 Å². The molecule has 1 rings (SSSR count). The van der Waals surface area contributed by atoms with Gasteiger partial charge in [-0.05, 0) is 27.2 Å². The van der Waals surface area contributed by atoms with Crippen LogP contribution >= 0.6 is 0 Å². The summed E-state index contributed by atoms with van der Waals surface area (Å²) < 4.78 is 5.35. The fraction of sp³-hybridized carbons (Fsp3) is 0.600. The molecule has 0 bridgehead atoms. The third-order valence-electron chi connectivity index (χ3n) is 3.37. The molecule has 19 heavy (non-hydrogen) atoms. The highest BCUT2D eigenvalue weighted by atomic mass is 16.5. The van der Waals surface area contributed by atoms with Crippen LogP contribution in [-0.2, 0) is 11.2 Å². The average molecular weight is 264 g/mol. The molecule has 0 aromatic carbocycles. The van der Waals surface area contributed by atoms with Crippen LogP contribution in [0.4, 0.5) is 0 Å². The van der Waals surface area contributed by atoms with E-state index in [1.807, 2.05) is 13.8 Å². The molecule has 0 spiro atoms. The maximum Gasteiger partial charge on any atom is 0.152 e. The van der Waals surface area contributed by atoms with Crippen LogP contribution in [-0.4, -0.2) is 30.5 Å². The van der Waals surface area contributed by atoms with Crippen molar-refractivity contribution >= 4 is 5.78 Å². The van der Waals surface area contributed by atoms with Gasteiger partial charge < -0.3 is 10.1 Å². The standard InChI is InChI=1S/C15H24N2O2/c1-6-11(3)16-9-13(18)7-14-12(4)15(19-5)10(2)8-17-14/h8,11,16H,6-7,9H2,1-5H3. The molecule has 0 fully saturated rings. The van der Waals surface area contributed by atoms with Crippen LogP contribution < -0.4 is 10.1 Å². The summed E-state index contributed by atoms with van der Waals surface area (Å²) in [5.41, 5.74) is 2.76. The maximum atomic E-state index is 11.9. The predicted octanol–water partition coefficient (Wildman–Crippen LogP) is 2.21. The molecule has 0 amide bonds. The van der Waals surface area contributed by atoms with Crippen LogP contribution in [0.5, 0.6) is 5.75 Å². The number of carbonyl (C=O) groups excluding carboxylic acids is 1. The zero-order valence-electron chi connectivity index (χ0n) is 12.5. The van der Waals surface area contributed by atoms with Gasteiger partial charge in [0.05, 0.1) is 25.8 Å². The second kappa shape index (κ2) is 7.24. The first-order valence-corrected chi connectivity index (χ1v) is 6.73. The highest BCUT2D eigenvalue weighted by molar-refractivity contribution is 5.82. The van der Waals surface area contributed by atoms with Crippen LogP contribution in [0.1, 0.15) is 37.1 Å². The number of nitrogens with one attached hydrogen (secondary N) is 1. The predicted molar refractivity (Wildman–Crippen MR) is 76.7 cm³/mol. The molecule has 106 valence electrons. The fourth-order valence-electron chi connectivity index (χ4n) is 1.93. The van der Waals surface area contributed by atoms with E-state index in [4.69, 9.17) is 4.74 Å². The highest BCUT2D eigenvalue weighted by Crippen LogP contribution is 2.24. The van der Waals surface area contributed by atoms with Gasteiger partial charge >= 0.3 is 0 Å². The zero-order chi connectivity index (χ0) is 14.4. The summed E-state index contributed by atoms with van der Waals surface area (Å²) >= 11 is 0. The fourth-order valence-corrected chi connectivity index (χ4v) is 1.93. The molecular formula is C15H24N2O2. The first kappa shape index (κ1) is 15.6. The number of hydrogen-bond acceptors (Lipinski definition) is 4. The second-order valence-corrected chi connectivity index (χ2v) is 4.95. The third-order valence-corrected chi connectivity index (χ3v) is 3.37. The minimum atomic E-state index is 0.154. The van der Waals surface area contributed by atoms with Crippen LogP contribution in [0.25, 0.3) is 0 Å². The van der Waals surface area contributed by atoms with Crippen molar-refractivity contribution in [2.45, 2.75) is 46.6 Å². The summed E-state index contributed by atoms with van der Waals surface area (Å²) in [5, 5.41) is 3.20. The topological polar surface area (TPSA) is 51.2 Å². The molecule has 4 heteroatoms. The van der Waals surface area contributed by atoms with Crippen molar-refractivity contribution in [3.05, 3.63) is 23.0 Å². The van der Waals surface area contributed by atoms with Crippen LogP contribution in [0.2, 0.25) is 0 Å². The smallest absolute Gasteiger partial charge is 0.152 e. The number of carbonyl (C=O) groups is 1. The van der Waals surface area contributed by atoms with E-state index >= 15 is 0 Å². The Labute approximate surface area is 115 Å². The Hall–Kier alpha value is -1.42. The van der Waals surface area contributed by atoms with Gasteiger partial charge in [-0.25, -0.2) is 0 Å². The Bertz CT molecular complexity index is 444. The maximum absolute atomic E-state index is 11.9. The van der Waals surface area contributed by atoms with E-state index in [0.717, 1.165) is 29.0 Å². The Balaban J connectivity index is 2.69. The quantitative estimate of drug-likeness (QED) is 0.820. The van der Waals surface area contributed by atoms with Gasteiger partial charge in [0, 0.05) is 23.4 Å². The van der Waals surface area contributed by atoms with E-state index in [0.29, 0.717) is 19.0 Å². The number of aromatic nitrogens is 1. The molecule has 1 aromatic rings. The lowest BCUT2D eigenvalue weighted by molar-refractivity contribution is -0.117. The summed E-state index contributed by atoms with van der Waals surface area (Å²) in [7, 11) is 1.64. The molecule has 1 aromatic heterocycles. The Morgan fingerprint density at radius 3 is 2.74 bits per heavy atom. The molecule has 1 atom stereocenters. The second-order valence-electron chi connectivity index (χ2n) is 4.95. The Morgan fingerprint density at radius 2 is 2.16 bits per heavy atom. The van der Waals surface area contributed by atoms with E-state index in [1.54, 1.807) is 13.3 Å². The molecule has 1 N–H and O–H groups in total. The number of rotatable bonds is 7. The molecule has 4 nitrogen and oxygen atoms in total. The molecule has 0 saturated heterocycles. The number of ether oxygens (including phenoxy) is 1. The third kappa shape index (κ3) is 4.31. The van der Waals surface area contributed by atoms with Gasteiger partial charge in [0.15, 0.2) is 5.78 Å². The normalized spacial score (nSPS) is 12.3. The van der Waals surface area contributed by atoms with Crippen molar-refractivity contribution < 1.29 is 9.53 Å². The number of nitrogens with zero attached hydrogens (tertiary/aromatic N) is 1. The molecule has 1 heterocycles. The molecule has 0 radical (unpaired) electrons. The Kier molecular flexibility index (Phi) is 5.96. The van der Waals surface area contributed by atoms with Crippen molar-refractivity contribution in [3.8, 4) is 5.75 Å². The number of ketones is 1. The van der Waals surface area contributed by atoms with Gasteiger partial charge in [0.25, 0.3) is 0 Å². The first-order chi connectivity index (χ1) is 8.99. The van der Waals surface area contributed by atoms with E-state index < -0.39 is 0 Å². The lowest BCUT2D eigenvalue weighted by Gasteiger charge is -2.13. The van der Waals surface area contributed by atoms with E-state index in [9.17, 15) is 4.79 Å². The van der Waals surface area contributed by atoms with E-state index in [2.05, 4.69) is 24.1 Å². The monoisotopic (exact) mass is 264 g/mol. The summed E-state index contributed by atoms with van der Waals surface area (Å²) in [5.74, 6) is 0.981. The SMILES string of the molecule is CCC(C)NCC(=O)Cc1ncc(C)c(OC)c1C. The minimum Gasteiger partial charge on any atom is -0.496 e. The average Bonchev–Trinajstić information content (AvgIpc) is 2.40. The van der Waals surface area contributed by atoms with Gasteiger partial charge in [-0.15, -0.1) is 0 Å². The van der Waals surface area contributed by atoms with Gasteiger partial charge in [-0.2, -0.15) is 0 Å². The molecule has 0 aliphatic rings. The molecule has 0 saturated carbocycles. The Morgan fingerprint density at radius 1 is 1.47 bits per heavy atom. The van der Waals surface area contributed by atoms with Crippen LogP contribution in [0, 0.1) is 13.8 Å². The largest absolute Gasteiger partial charge is 0.496 e. The van der Waals surface area contributed by atoms with Crippen molar-refractivity contribution in [1.82, 2.24) is 10.3 Å². The summed E-state index contributed by atoms with van der Waals surface area (Å²) in [6.45, 7) is 8.47. The lowest BCUT2D eigenvalue weighted by Crippen LogP contribution is -2.31. The minimum absolute atomic E-state index is 0.154. The van der Waals surface area contributed by atoms with Crippen molar-refractivity contribution in [2.24, 2.45) is 0 Å². The first-order valence-electron chi connectivity index (χ1n) is 6.73. The lowest BCUT2D eigenvalue weighted by atomic mass is 10.1. The summed E-state index contributed by atoms with van der Waals surface area (Å²) in [4.78, 5) is 16.3. The van der Waals surface area contributed by atoms with Crippen molar-refractivity contribution in [2.75, 3.05) is 13.7 Å². The number of Topliss-reactive ketones (excluding diaryl/α,β-unsaturated/α-hetero) is 1. The number of methoxy groups -OCH3 is 1. The number of aryl methyl sites for hydroxylation is 1. The van der Waals surface area contributed by atoms with Gasteiger partial charge in [0.2, 0.25) is 0 Å². The molecular weight excluding hydrogens is 240 g/mol. The van der Waals surface area contributed by atoms with Crippen molar-refractivity contribution in [1.29, 1.82) is 0 Å². The highest BCUT2D eigenvalue weighted by Gasteiger charge is 2.13. The molecule has 0 aliphatic carbocycles. The summed E-state index contributed by atoms with van der Waals surface area (Å²) in [6.07, 6.45) is 3.13. The molecule has 1 unspecified atom stereocenters. The van der Waals surface area contributed by atoms with Gasteiger partial charge in [-0.1, -0.05) is 6.92 Å². The van der Waals surface area contributed by atoms with Crippen LogP contribution in [0.3, 0.4) is 0 Å². The van der Waals surface area contributed by atoms with E-state index in [-0.39, 0.29) is 5.78 Å². The number of pyridine rings is 1. The number of hydrogen-bond donors (Lipinski definition) is 1.